The van der Waals surface area contributed by atoms with Crippen LogP contribution in [0.4, 0.5) is 17.1 Å². The quantitative estimate of drug-likeness (QED) is 0.674. The number of carbonyl (C=O) groups excluding carboxylic acids is 2. The van der Waals surface area contributed by atoms with E-state index in [1.54, 1.807) is 24.3 Å². The molecule has 0 aliphatic heterocycles. The molecule has 2 rings (SSSR count). The van der Waals surface area contributed by atoms with Gasteiger partial charge in [-0.25, -0.2) is 0 Å². The van der Waals surface area contributed by atoms with Gasteiger partial charge in [-0.1, -0.05) is 19.9 Å². The fourth-order valence-corrected chi connectivity index (χ4v) is 2.17. The Kier molecular flexibility index (Phi) is 7.02. The van der Waals surface area contributed by atoms with Crippen LogP contribution < -0.4 is 20.7 Å². The number of ether oxygens (including phenoxy) is 1. The number of amides is 2. The van der Waals surface area contributed by atoms with Crippen LogP contribution in [-0.4, -0.2) is 25.0 Å². The van der Waals surface area contributed by atoms with Crippen LogP contribution >= 0.6 is 0 Å². The van der Waals surface area contributed by atoms with Crippen molar-refractivity contribution in [3.8, 4) is 5.75 Å². The molecule has 3 N–H and O–H groups in total. The first kappa shape index (κ1) is 19.3. The molecule has 0 aliphatic carbocycles. The Hall–Kier alpha value is -3.02. The van der Waals surface area contributed by atoms with Crippen molar-refractivity contribution in [2.45, 2.75) is 20.8 Å². The number of anilines is 3. The lowest BCUT2D eigenvalue weighted by Gasteiger charge is -2.11. The minimum atomic E-state index is -0.161. The summed E-state index contributed by atoms with van der Waals surface area (Å²) in [6.45, 7) is 6.33. The minimum Gasteiger partial charge on any atom is -0.494 e. The van der Waals surface area contributed by atoms with Crippen LogP contribution in [0.3, 0.4) is 0 Å². The molecule has 0 saturated carbocycles. The van der Waals surface area contributed by atoms with E-state index in [1.165, 1.54) is 0 Å². The first-order valence-electron chi connectivity index (χ1n) is 8.65. The van der Waals surface area contributed by atoms with Crippen LogP contribution in [-0.2, 0) is 9.59 Å². The number of benzene rings is 2. The van der Waals surface area contributed by atoms with Gasteiger partial charge in [-0.3, -0.25) is 9.59 Å². The van der Waals surface area contributed by atoms with Crippen molar-refractivity contribution >= 4 is 28.9 Å². The second-order valence-corrected chi connectivity index (χ2v) is 6.08. The number of hydrogen-bond acceptors (Lipinski definition) is 4. The van der Waals surface area contributed by atoms with Crippen LogP contribution in [0.5, 0.6) is 5.75 Å². The molecular formula is C20H25N3O3. The molecular weight excluding hydrogens is 330 g/mol. The third kappa shape index (κ3) is 6.12. The molecule has 6 heteroatoms. The van der Waals surface area contributed by atoms with Gasteiger partial charge in [-0.15, -0.1) is 0 Å². The number of rotatable bonds is 8. The Morgan fingerprint density at radius 2 is 1.62 bits per heavy atom. The maximum atomic E-state index is 12.1. The topological polar surface area (TPSA) is 79.5 Å². The van der Waals surface area contributed by atoms with Gasteiger partial charge in [0.05, 0.1) is 13.2 Å². The number of hydrogen-bond donors (Lipinski definition) is 3. The van der Waals surface area contributed by atoms with Gasteiger partial charge in [0.25, 0.3) is 0 Å². The van der Waals surface area contributed by atoms with Crippen molar-refractivity contribution in [3.63, 3.8) is 0 Å². The highest BCUT2D eigenvalue weighted by molar-refractivity contribution is 5.95. The van der Waals surface area contributed by atoms with Crippen molar-refractivity contribution in [3.05, 3.63) is 48.5 Å². The van der Waals surface area contributed by atoms with Crippen LogP contribution in [0.15, 0.2) is 48.5 Å². The van der Waals surface area contributed by atoms with Crippen LogP contribution in [0, 0.1) is 5.92 Å². The Morgan fingerprint density at radius 1 is 0.962 bits per heavy atom. The van der Waals surface area contributed by atoms with Gasteiger partial charge < -0.3 is 20.7 Å². The molecule has 0 radical (unpaired) electrons. The van der Waals surface area contributed by atoms with Gasteiger partial charge in [-0.05, 0) is 43.3 Å². The zero-order valence-electron chi connectivity index (χ0n) is 15.3. The second kappa shape index (κ2) is 9.46. The summed E-state index contributed by atoms with van der Waals surface area (Å²) in [7, 11) is 0. The van der Waals surface area contributed by atoms with Gasteiger partial charge in [0.15, 0.2) is 0 Å². The zero-order chi connectivity index (χ0) is 18.9. The highest BCUT2D eigenvalue weighted by atomic mass is 16.5. The van der Waals surface area contributed by atoms with E-state index in [-0.39, 0.29) is 24.3 Å². The van der Waals surface area contributed by atoms with E-state index >= 15 is 0 Å². The van der Waals surface area contributed by atoms with Crippen LogP contribution in [0.25, 0.3) is 0 Å². The maximum absolute atomic E-state index is 12.1. The summed E-state index contributed by atoms with van der Waals surface area (Å²) in [5.74, 6) is 0.477. The van der Waals surface area contributed by atoms with E-state index < -0.39 is 0 Å². The van der Waals surface area contributed by atoms with Crippen molar-refractivity contribution in [2.24, 2.45) is 5.92 Å². The standard InChI is InChI=1S/C20H25N3O3/c1-4-26-18-7-5-6-17(12-18)21-13-19(24)22-15-8-10-16(11-9-15)23-20(25)14(2)3/h5-12,14,21H,4,13H2,1-3H3,(H,22,24)(H,23,25). The Labute approximate surface area is 153 Å². The normalized spacial score (nSPS) is 10.3. The molecule has 0 bridgehead atoms. The third-order valence-electron chi connectivity index (χ3n) is 3.56. The van der Waals surface area contributed by atoms with Gasteiger partial charge in [-0.2, -0.15) is 0 Å². The molecule has 0 heterocycles. The Balaban J connectivity index is 1.84. The smallest absolute Gasteiger partial charge is 0.243 e. The van der Waals surface area contributed by atoms with Gasteiger partial charge in [0.2, 0.25) is 11.8 Å². The molecule has 2 aromatic rings. The molecule has 2 amide bonds. The van der Waals surface area contributed by atoms with Gasteiger partial charge in [0.1, 0.15) is 5.75 Å². The molecule has 0 fully saturated rings. The highest BCUT2D eigenvalue weighted by Gasteiger charge is 2.07. The molecule has 0 atom stereocenters. The summed E-state index contributed by atoms with van der Waals surface area (Å²) in [6, 6.07) is 14.5. The van der Waals surface area contributed by atoms with E-state index in [1.807, 2.05) is 45.0 Å². The lowest BCUT2D eigenvalue weighted by molar-refractivity contribution is -0.119. The first-order chi connectivity index (χ1) is 12.5. The average Bonchev–Trinajstić information content (AvgIpc) is 2.62. The predicted molar refractivity (Wildman–Crippen MR) is 105 cm³/mol. The van der Waals surface area contributed by atoms with E-state index in [2.05, 4.69) is 16.0 Å². The number of carbonyl (C=O) groups is 2. The number of nitrogens with one attached hydrogen (secondary N) is 3. The van der Waals surface area contributed by atoms with Gasteiger partial charge in [0, 0.05) is 29.0 Å². The molecule has 0 saturated heterocycles. The van der Waals surface area contributed by atoms with Crippen LogP contribution in [0.2, 0.25) is 0 Å². The molecule has 0 unspecified atom stereocenters. The predicted octanol–water partition coefficient (Wildman–Crippen LogP) is 3.73. The summed E-state index contributed by atoms with van der Waals surface area (Å²) in [5.41, 5.74) is 2.19. The fourth-order valence-electron chi connectivity index (χ4n) is 2.17. The summed E-state index contributed by atoms with van der Waals surface area (Å²) >= 11 is 0. The van der Waals surface area contributed by atoms with E-state index in [4.69, 9.17) is 4.74 Å². The van der Waals surface area contributed by atoms with Gasteiger partial charge >= 0.3 is 0 Å². The molecule has 0 spiro atoms. The van der Waals surface area contributed by atoms with Crippen molar-refractivity contribution in [1.82, 2.24) is 0 Å². The lowest BCUT2D eigenvalue weighted by Crippen LogP contribution is -2.21. The van der Waals surface area contributed by atoms with Crippen LogP contribution in [0.1, 0.15) is 20.8 Å². The monoisotopic (exact) mass is 355 g/mol. The minimum absolute atomic E-state index is 0.0414. The largest absolute Gasteiger partial charge is 0.494 e. The Bertz CT molecular complexity index is 742. The second-order valence-electron chi connectivity index (χ2n) is 6.08. The molecule has 6 nitrogen and oxygen atoms in total. The lowest BCUT2D eigenvalue weighted by atomic mass is 10.2. The average molecular weight is 355 g/mol. The maximum Gasteiger partial charge on any atom is 0.243 e. The fraction of sp³-hybridized carbons (Fsp3) is 0.300. The molecule has 138 valence electrons. The summed E-state index contributed by atoms with van der Waals surface area (Å²) in [6.07, 6.45) is 0. The van der Waals surface area contributed by atoms with E-state index in [9.17, 15) is 9.59 Å². The molecule has 26 heavy (non-hydrogen) atoms. The SMILES string of the molecule is CCOc1cccc(NCC(=O)Nc2ccc(NC(=O)C(C)C)cc2)c1. The Morgan fingerprint density at radius 3 is 2.23 bits per heavy atom. The summed E-state index contributed by atoms with van der Waals surface area (Å²) < 4.78 is 5.43. The van der Waals surface area contributed by atoms with E-state index in [0.717, 1.165) is 11.4 Å². The summed E-state index contributed by atoms with van der Waals surface area (Å²) in [4.78, 5) is 23.7. The first-order valence-corrected chi connectivity index (χ1v) is 8.65. The van der Waals surface area contributed by atoms with Crippen molar-refractivity contribution in [1.29, 1.82) is 0 Å². The zero-order valence-corrected chi connectivity index (χ0v) is 15.3. The molecule has 0 aliphatic rings. The summed E-state index contributed by atoms with van der Waals surface area (Å²) in [5, 5.41) is 8.68. The third-order valence-corrected chi connectivity index (χ3v) is 3.56. The molecule has 0 aromatic heterocycles. The van der Waals surface area contributed by atoms with Crippen molar-refractivity contribution < 1.29 is 14.3 Å². The van der Waals surface area contributed by atoms with E-state index in [0.29, 0.717) is 18.0 Å². The highest BCUT2D eigenvalue weighted by Crippen LogP contribution is 2.17. The van der Waals surface area contributed by atoms with Crippen molar-refractivity contribution in [2.75, 3.05) is 29.1 Å². The molecule has 2 aromatic carbocycles.